The van der Waals surface area contributed by atoms with E-state index in [1.807, 2.05) is 0 Å². The van der Waals surface area contributed by atoms with Crippen LogP contribution in [0.5, 0.6) is 0 Å². The van der Waals surface area contributed by atoms with E-state index in [2.05, 4.69) is 20.8 Å². The molecule has 3 atom stereocenters. The van der Waals surface area contributed by atoms with Gasteiger partial charge in [-0.2, -0.15) is 0 Å². The molecule has 2 nitrogen and oxygen atoms in total. The molecular weight excluding hydrogens is 255 g/mol. The summed E-state index contributed by atoms with van der Waals surface area (Å²) in [7, 11) is 0. The summed E-state index contributed by atoms with van der Waals surface area (Å²) in [6.07, 6.45) is 1.31. The zero-order valence-electron chi connectivity index (χ0n) is 12.4. The number of benzene rings is 1. The summed E-state index contributed by atoms with van der Waals surface area (Å²) in [5, 5.41) is 10.4. The summed E-state index contributed by atoms with van der Waals surface area (Å²) in [5.74, 6) is -0.135. The third-order valence-corrected chi connectivity index (χ3v) is 4.51. The minimum Gasteiger partial charge on any atom is -0.388 e. The highest BCUT2D eigenvalue weighted by Crippen LogP contribution is 2.42. The Morgan fingerprint density at radius 1 is 1.25 bits per heavy atom. The number of Topliss-reactive ketones (excluding diaryl/α,β-unsaturated/α-hetero) is 1. The second-order valence-corrected chi connectivity index (χ2v) is 6.91. The van der Waals surface area contributed by atoms with Crippen LogP contribution in [0.1, 0.15) is 51.7 Å². The number of aliphatic hydroxyl groups excluding tert-OH is 1. The zero-order valence-corrected chi connectivity index (χ0v) is 12.4. The zero-order chi connectivity index (χ0) is 14.9. The number of carbonyl (C=O) groups excluding carboxylic acids is 1. The summed E-state index contributed by atoms with van der Waals surface area (Å²) in [6.45, 7) is 6.53. The molecular formula is C17H23FO2. The van der Waals surface area contributed by atoms with Crippen LogP contribution in [0.4, 0.5) is 4.39 Å². The lowest BCUT2D eigenvalue weighted by Gasteiger charge is -2.38. The van der Waals surface area contributed by atoms with E-state index in [4.69, 9.17) is 0 Å². The largest absolute Gasteiger partial charge is 0.388 e. The van der Waals surface area contributed by atoms with Crippen molar-refractivity contribution in [3.05, 3.63) is 35.6 Å². The van der Waals surface area contributed by atoms with Gasteiger partial charge in [0.1, 0.15) is 11.6 Å². The van der Waals surface area contributed by atoms with Crippen LogP contribution < -0.4 is 0 Å². The molecule has 0 saturated heterocycles. The Hall–Kier alpha value is -1.22. The highest BCUT2D eigenvalue weighted by molar-refractivity contribution is 5.82. The summed E-state index contributed by atoms with van der Waals surface area (Å²) in [5.41, 5.74) is 0.765. The Bertz CT molecular complexity index is 473. The number of hydrogen-bond donors (Lipinski definition) is 1. The quantitative estimate of drug-likeness (QED) is 0.891. The van der Waals surface area contributed by atoms with E-state index < -0.39 is 6.10 Å². The summed E-state index contributed by atoms with van der Waals surface area (Å²) < 4.78 is 12.9. The Morgan fingerprint density at radius 3 is 2.40 bits per heavy atom. The fourth-order valence-corrected chi connectivity index (χ4v) is 3.04. The van der Waals surface area contributed by atoms with Crippen molar-refractivity contribution in [2.75, 3.05) is 0 Å². The van der Waals surface area contributed by atoms with Gasteiger partial charge >= 0.3 is 0 Å². The molecule has 0 bridgehead atoms. The van der Waals surface area contributed by atoms with Crippen LogP contribution in [-0.4, -0.2) is 10.9 Å². The summed E-state index contributed by atoms with van der Waals surface area (Å²) in [6, 6.07) is 5.78. The average molecular weight is 278 g/mol. The lowest BCUT2D eigenvalue weighted by molar-refractivity contribution is -0.131. The number of ketones is 1. The Morgan fingerprint density at radius 2 is 1.85 bits per heavy atom. The van der Waals surface area contributed by atoms with Crippen molar-refractivity contribution in [1.82, 2.24) is 0 Å². The van der Waals surface area contributed by atoms with E-state index in [-0.39, 0.29) is 22.9 Å². The van der Waals surface area contributed by atoms with Crippen LogP contribution in [-0.2, 0) is 4.79 Å². The van der Waals surface area contributed by atoms with Gasteiger partial charge in [0.05, 0.1) is 6.10 Å². The number of rotatable bonds is 2. The first-order valence-electron chi connectivity index (χ1n) is 7.25. The van der Waals surface area contributed by atoms with Gasteiger partial charge in [0.15, 0.2) is 0 Å². The van der Waals surface area contributed by atoms with E-state index in [9.17, 15) is 14.3 Å². The van der Waals surface area contributed by atoms with Gasteiger partial charge in [-0.15, -0.1) is 0 Å². The van der Waals surface area contributed by atoms with Gasteiger partial charge in [-0.25, -0.2) is 4.39 Å². The van der Waals surface area contributed by atoms with E-state index in [0.717, 1.165) is 6.42 Å². The molecule has 20 heavy (non-hydrogen) atoms. The van der Waals surface area contributed by atoms with Gasteiger partial charge < -0.3 is 5.11 Å². The molecule has 0 spiro atoms. The van der Waals surface area contributed by atoms with Crippen molar-refractivity contribution in [1.29, 1.82) is 0 Å². The first-order chi connectivity index (χ1) is 9.29. The second-order valence-electron chi connectivity index (χ2n) is 6.91. The van der Waals surface area contributed by atoms with Gasteiger partial charge in [-0.05, 0) is 41.9 Å². The standard InChI is InChI=1S/C17H23FO2/c1-17(2,3)12-6-9-15(19)14(10-12)16(20)11-4-7-13(18)8-5-11/h4-5,7-8,12,14,16,20H,6,9-10H2,1-3H3/t12?,14?,16-/m1/s1. The van der Waals surface area contributed by atoms with Gasteiger partial charge in [0, 0.05) is 12.3 Å². The van der Waals surface area contributed by atoms with E-state index >= 15 is 0 Å². The molecule has 3 heteroatoms. The molecule has 1 saturated carbocycles. The number of carbonyl (C=O) groups is 1. The monoisotopic (exact) mass is 278 g/mol. The average Bonchev–Trinajstić information content (AvgIpc) is 2.38. The number of halogens is 1. The molecule has 1 N–H and O–H groups in total. The van der Waals surface area contributed by atoms with Gasteiger partial charge in [-0.3, -0.25) is 4.79 Å². The SMILES string of the molecule is CC(C)(C)C1CCC(=O)C([C@H](O)c2ccc(F)cc2)C1. The fourth-order valence-electron chi connectivity index (χ4n) is 3.04. The maximum atomic E-state index is 12.9. The molecule has 0 amide bonds. The van der Waals surface area contributed by atoms with E-state index in [1.54, 1.807) is 12.1 Å². The molecule has 0 aliphatic heterocycles. The maximum absolute atomic E-state index is 12.9. The highest BCUT2D eigenvalue weighted by atomic mass is 19.1. The molecule has 0 aromatic heterocycles. The van der Waals surface area contributed by atoms with E-state index in [1.165, 1.54) is 12.1 Å². The molecule has 2 rings (SSSR count). The minimum absolute atomic E-state index is 0.127. The predicted octanol–water partition coefficient (Wildman–Crippen LogP) is 3.89. The summed E-state index contributed by atoms with van der Waals surface area (Å²) in [4.78, 5) is 12.1. The van der Waals surface area contributed by atoms with Crippen LogP contribution in [0.3, 0.4) is 0 Å². The maximum Gasteiger partial charge on any atom is 0.138 e. The Kier molecular flexibility index (Phi) is 4.28. The molecule has 1 fully saturated rings. The first-order valence-corrected chi connectivity index (χ1v) is 7.25. The Balaban J connectivity index is 2.16. The van der Waals surface area contributed by atoms with Crippen LogP contribution in [0, 0.1) is 23.1 Å². The van der Waals surface area contributed by atoms with Crippen molar-refractivity contribution >= 4 is 5.78 Å². The van der Waals surface area contributed by atoms with Crippen molar-refractivity contribution in [2.45, 2.75) is 46.1 Å². The lowest BCUT2D eigenvalue weighted by atomic mass is 9.67. The molecule has 0 radical (unpaired) electrons. The van der Waals surface area contributed by atoms with Crippen LogP contribution in [0.2, 0.25) is 0 Å². The third-order valence-electron chi connectivity index (χ3n) is 4.51. The van der Waals surface area contributed by atoms with Gasteiger partial charge in [0.25, 0.3) is 0 Å². The minimum atomic E-state index is -0.826. The van der Waals surface area contributed by atoms with Crippen molar-refractivity contribution < 1.29 is 14.3 Å². The third kappa shape index (κ3) is 3.26. The van der Waals surface area contributed by atoms with Crippen LogP contribution >= 0.6 is 0 Å². The molecule has 0 heterocycles. The van der Waals surface area contributed by atoms with Crippen LogP contribution in [0.25, 0.3) is 0 Å². The van der Waals surface area contributed by atoms with Gasteiger partial charge in [0.2, 0.25) is 0 Å². The van der Waals surface area contributed by atoms with Crippen molar-refractivity contribution in [2.24, 2.45) is 17.3 Å². The van der Waals surface area contributed by atoms with Crippen molar-refractivity contribution in [3.8, 4) is 0 Å². The van der Waals surface area contributed by atoms with Crippen molar-refractivity contribution in [3.63, 3.8) is 0 Å². The molecule has 1 aliphatic carbocycles. The van der Waals surface area contributed by atoms with E-state index in [0.29, 0.717) is 24.3 Å². The smallest absolute Gasteiger partial charge is 0.138 e. The molecule has 2 unspecified atom stereocenters. The first kappa shape index (κ1) is 15.2. The molecule has 110 valence electrons. The lowest BCUT2D eigenvalue weighted by Crippen LogP contribution is -2.35. The van der Waals surface area contributed by atoms with Crippen LogP contribution in [0.15, 0.2) is 24.3 Å². The molecule has 1 aromatic carbocycles. The Labute approximate surface area is 120 Å². The normalized spacial score (nSPS) is 25.6. The topological polar surface area (TPSA) is 37.3 Å². The highest BCUT2D eigenvalue weighted by Gasteiger charge is 2.38. The number of hydrogen-bond acceptors (Lipinski definition) is 2. The summed E-state index contributed by atoms with van der Waals surface area (Å²) >= 11 is 0. The second kappa shape index (κ2) is 5.65. The predicted molar refractivity (Wildman–Crippen MR) is 76.7 cm³/mol. The molecule has 1 aromatic rings. The number of aliphatic hydroxyl groups is 1. The van der Waals surface area contributed by atoms with Gasteiger partial charge in [-0.1, -0.05) is 32.9 Å². The fraction of sp³-hybridized carbons (Fsp3) is 0.588. The molecule has 1 aliphatic rings.